The van der Waals surface area contributed by atoms with Gasteiger partial charge in [0.2, 0.25) is 0 Å². The number of hydrogen-bond acceptors (Lipinski definition) is 1. The van der Waals surface area contributed by atoms with Gasteiger partial charge in [-0.15, -0.1) is 0 Å². The van der Waals surface area contributed by atoms with Gasteiger partial charge in [0.1, 0.15) is 0 Å². The molecule has 0 heterocycles. The first-order valence-corrected chi connectivity index (χ1v) is 9.17. The molecule has 25 heavy (non-hydrogen) atoms. The topological polar surface area (TPSA) is 20.2 Å². The number of aliphatic hydroxyl groups is 1. The van der Waals surface area contributed by atoms with Crippen LogP contribution in [-0.4, -0.2) is 5.11 Å². The first kappa shape index (κ1) is 19.5. The Bertz CT molecular complexity index is 668. The molecule has 1 atom stereocenters. The van der Waals surface area contributed by atoms with E-state index in [0.717, 1.165) is 30.4 Å². The van der Waals surface area contributed by atoms with E-state index < -0.39 is 6.10 Å². The number of benzene rings is 2. The van der Waals surface area contributed by atoms with Gasteiger partial charge in [0.25, 0.3) is 0 Å². The highest BCUT2D eigenvalue weighted by Gasteiger charge is 2.30. The highest BCUT2D eigenvalue weighted by molar-refractivity contribution is 5.25. The van der Waals surface area contributed by atoms with Gasteiger partial charge >= 0.3 is 0 Å². The van der Waals surface area contributed by atoms with Crippen molar-refractivity contribution in [2.24, 2.45) is 5.41 Å². The minimum absolute atomic E-state index is 0.129. The molecule has 0 spiro atoms. The van der Waals surface area contributed by atoms with E-state index in [1.807, 2.05) is 30.3 Å². The van der Waals surface area contributed by atoms with Crippen LogP contribution in [0, 0.1) is 5.41 Å². The van der Waals surface area contributed by atoms with Crippen molar-refractivity contribution >= 4 is 0 Å². The van der Waals surface area contributed by atoms with Crippen molar-refractivity contribution < 1.29 is 5.11 Å². The zero-order chi connectivity index (χ0) is 18.5. The van der Waals surface area contributed by atoms with Crippen molar-refractivity contribution in [2.45, 2.75) is 58.5 Å². The molecule has 0 aromatic heterocycles. The number of aliphatic hydroxyl groups excluding tert-OH is 1. The Morgan fingerprint density at radius 1 is 0.920 bits per heavy atom. The standard InChI is InChI=1S/C24H32O/c1-19(22(25)20-12-8-6-9-13-20)16-17-23(2,3)18-24(4,5)21-14-10-7-11-15-21/h6-15,22,25H,1,16-18H2,2-5H3. The molecule has 134 valence electrons. The zero-order valence-electron chi connectivity index (χ0n) is 16.1. The molecule has 1 nitrogen and oxygen atoms in total. The summed E-state index contributed by atoms with van der Waals surface area (Å²) in [7, 11) is 0. The lowest BCUT2D eigenvalue weighted by atomic mass is 9.69. The fraction of sp³-hybridized carbons (Fsp3) is 0.417. The molecule has 0 aliphatic heterocycles. The smallest absolute Gasteiger partial charge is 0.0998 e. The Kier molecular flexibility index (Phi) is 6.24. The maximum Gasteiger partial charge on any atom is 0.0998 e. The van der Waals surface area contributed by atoms with Gasteiger partial charge in [-0.3, -0.25) is 0 Å². The third-order valence-corrected chi connectivity index (χ3v) is 5.10. The van der Waals surface area contributed by atoms with Gasteiger partial charge in [-0.1, -0.05) is 94.9 Å². The van der Waals surface area contributed by atoms with Crippen LogP contribution in [-0.2, 0) is 5.41 Å². The summed E-state index contributed by atoms with van der Waals surface area (Å²) in [6, 6.07) is 20.5. The molecular formula is C24H32O. The summed E-state index contributed by atoms with van der Waals surface area (Å²) in [5, 5.41) is 10.5. The second-order valence-corrected chi connectivity index (χ2v) is 8.56. The normalized spacial score (nSPS) is 13.5. The SMILES string of the molecule is C=C(CCC(C)(C)CC(C)(C)c1ccccc1)C(O)c1ccccc1. The first-order chi connectivity index (χ1) is 11.7. The molecule has 0 saturated heterocycles. The average molecular weight is 337 g/mol. The zero-order valence-corrected chi connectivity index (χ0v) is 16.1. The highest BCUT2D eigenvalue weighted by Crippen LogP contribution is 2.40. The lowest BCUT2D eigenvalue weighted by Gasteiger charge is -2.36. The van der Waals surface area contributed by atoms with Crippen molar-refractivity contribution in [1.82, 2.24) is 0 Å². The molecule has 2 rings (SSSR count). The van der Waals surface area contributed by atoms with E-state index in [9.17, 15) is 5.11 Å². The quantitative estimate of drug-likeness (QED) is 0.549. The molecule has 0 saturated carbocycles. The molecule has 1 unspecified atom stereocenters. The fourth-order valence-corrected chi connectivity index (χ4v) is 3.78. The predicted molar refractivity (Wildman–Crippen MR) is 108 cm³/mol. The van der Waals surface area contributed by atoms with Crippen LogP contribution in [0.15, 0.2) is 72.8 Å². The Labute approximate surface area is 153 Å². The summed E-state index contributed by atoms with van der Waals surface area (Å²) in [6.07, 6.45) is 2.39. The van der Waals surface area contributed by atoms with E-state index in [0.29, 0.717) is 0 Å². The van der Waals surface area contributed by atoms with Crippen LogP contribution in [0.3, 0.4) is 0 Å². The Balaban J connectivity index is 1.96. The summed E-state index contributed by atoms with van der Waals surface area (Å²) >= 11 is 0. The molecule has 1 N–H and O–H groups in total. The van der Waals surface area contributed by atoms with Crippen LogP contribution in [0.25, 0.3) is 0 Å². The Morgan fingerprint density at radius 3 is 2.00 bits per heavy atom. The molecule has 0 fully saturated rings. The minimum atomic E-state index is -0.570. The molecule has 2 aromatic rings. The van der Waals surface area contributed by atoms with E-state index in [1.165, 1.54) is 5.56 Å². The summed E-state index contributed by atoms with van der Waals surface area (Å²) in [5.41, 5.74) is 3.51. The van der Waals surface area contributed by atoms with Gasteiger partial charge < -0.3 is 5.11 Å². The molecule has 0 aliphatic rings. The second-order valence-electron chi connectivity index (χ2n) is 8.56. The largest absolute Gasteiger partial charge is 0.384 e. The maximum atomic E-state index is 10.5. The fourth-order valence-electron chi connectivity index (χ4n) is 3.78. The number of rotatable bonds is 8. The molecule has 0 radical (unpaired) electrons. The first-order valence-electron chi connectivity index (χ1n) is 9.17. The summed E-state index contributed by atoms with van der Waals surface area (Å²) in [6.45, 7) is 13.4. The van der Waals surface area contributed by atoms with Crippen molar-refractivity contribution in [2.75, 3.05) is 0 Å². The predicted octanol–water partition coefficient (Wildman–Crippen LogP) is 6.45. The van der Waals surface area contributed by atoms with Crippen LogP contribution in [0.5, 0.6) is 0 Å². The summed E-state index contributed by atoms with van der Waals surface area (Å²) in [5.74, 6) is 0. The summed E-state index contributed by atoms with van der Waals surface area (Å²) < 4.78 is 0. The van der Waals surface area contributed by atoms with E-state index >= 15 is 0 Å². The lowest BCUT2D eigenvalue weighted by molar-refractivity contribution is 0.197. The Hall–Kier alpha value is -1.86. The van der Waals surface area contributed by atoms with E-state index in [4.69, 9.17) is 0 Å². The van der Waals surface area contributed by atoms with Crippen molar-refractivity contribution in [3.63, 3.8) is 0 Å². The molecular weight excluding hydrogens is 304 g/mol. The molecule has 2 aromatic carbocycles. The number of hydrogen-bond donors (Lipinski definition) is 1. The van der Waals surface area contributed by atoms with Gasteiger partial charge in [-0.2, -0.15) is 0 Å². The van der Waals surface area contributed by atoms with Gasteiger partial charge in [-0.25, -0.2) is 0 Å². The van der Waals surface area contributed by atoms with E-state index in [-0.39, 0.29) is 10.8 Å². The molecule has 0 aliphatic carbocycles. The van der Waals surface area contributed by atoms with Gasteiger partial charge in [0, 0.05) is 0 Å². The van der Waals surface area contributed by atoms with Crippen molar-refractivity contribution in [3.05, 3.63) is 83.9 Å². The van der Waals surface area contributed by atoms with Gasteiger partial charge in [-0.05, 0) is 46.8 Å². The van der Waals surface area contributed by atoms with Crippen LogP contribution in [0.2, 0.25) is 0 Å². The van der Waals surface area contributed by atoms with Crippen LogP contribution in [0.1, 0.15) is 64.2 Å². The molecule has 1 heteroatoms. The van der Waals surface area contributed by atoms with Gasteiger partial charge in [0.05, 0.1) is 6.10 Å². The van der Waals surface area contributed by atoms with Crippen LogP contribution in [0.4, 0.5) is 0 Å². The second kappa shape index (κ2) is 8.01. The summed E-state index contributed by atoms with van der Waals surface area (Å²) in [4.78, 5) is 0. The van der Waals surface area contributed by atoms with Crippen LogP contribution < -0.4 is 0 Å². The third-order valence-electron chi connectivity index (χ3n) is 5.10. The van der Waals surface area contributed by atoms with Gasteiger partial charge in [0.15, 0.2) is 0 Å². The monoisotopic (exact) mass is 336 g/mol. The van der Waals surface area contributed by atoms with Crippen molar-refractivity contribution in [1.29, 1.82) is 0 Å². The van der Waals surface area contributed by atoms with E-state index in [1.54, 1.807) is 0 Å². The highest BCUT2D eigenvalue weighted by atomic mass is 16.3. The average Bonchev–Trinajstić information content (AvgIpc) is 2.60. The minimum Gasteiger partial charge on any atom is -0.384 e. The Morgan fingerprint density at radius 2 is 1.44 bits per heavy atom. The van der Waals surface area contributed by atoms with E-state index in [2.05, 4.69) is 64.6 Å². The third kappa shape index (κ3) is 5.57. The lowest BCUT2D eigenvalue weighted by Crippen LogP contribution is -2.27. The molecule has 0 amide bonds. The van der Waals surface area contributed by atoms with Crippen molar-refractivity contribution in [3.8, 4) is 0 Å². The maximum absolute atomic E-state index is 10.5. The van der Waals surface area contributed by atoms with Crippen LogP contribution >= 0.6 is 0 Å². The molecule has 0 bridgehead atoms.